The van der Waals surface area contributed by atoms with Gasteiger partial charge in [-0.15, -0.1) is 0 Å². The molecule has 1 aromatic heterocycles. The topological polar surface area (TPSA) is 33.5 Å². The van der Waals surface area contributed by atoms with Crippen LogP contribution in [0.4, 0.5) is 0 Å². The minimum atomic E-state index is -0.00998. The lowest BCUT2D eigenvalue weighted by atomic mass is 10.1. The van der Waals surface area contributed by atoms with Crippen LogP contribution in [0.3, 0.4) is 0 Å². The Morgan fingerprint density at radius 3 is 2.67 bits per heavy atom. The second-order valence-corrected chi connectivity index (χ2v) is 6.47. The van der Waals surface area contributed by atoms with Gasteiger partial charge in [0.2, 0.25) is 0 Å². The molecule has 0 radical (unpaired) electrons. The summed E-state index contributed by atoms with van der Waals surface area (Å²) in [7, 11) is 0. The molecule has 3 rings (SSSR count). The third-order valence-corrected chi connectivity index (χ3v) is 4.43. The first kappa shape index (κ1) is 14.5. The van der Waals surface area contributed by atoms with E-state index in [-0.39, 0.29) is 11.9 Å². The van der Waals surface area contributed by atoms with Gasteiger partial charge in [-0.05, 0) is 51.0 Å². The molecule has 1 aliphatic rings. The number of nitrogens with zero attached hydrogens (tertiary/aromatic N) is 1. The Balaban J connectivity index is 1.93. The first-order chi connectivity index (χ1) is 10.1. The molecule has 0 aliphatic heterocycles. The quantitative estimate of drug-likeness (QED) is 0.809. The van der Waals surface area contributed by atoms with Crippen LogP contribution in [0.5, 0.6) is 0 Å². The van der Waals surface area contributed by atoms with Crippen LogP contribution in [-0.2, 0) is 0 Å². The van der Waals surface area contributed by atoms with E-state index in [1.807, 2.05) is 17.0 Å². The van der Waals surface area contributed by atoms with Gasteiger partial charge in [0, 0.05) is 22.5 Å². The van der Waals surface area contributed by atoms with E-state index in [2.05, 4.69) is 13.8 Å². The SMILES string of the molecule is CC(C)N(C(=O)c1cc2cc(Cl)ccc2o1)C1CCCC1. The molecule has 2 aromatic rings. The van der Waals surface area contributed by atoms with E-state index in [9.17, 15) is 4.79 Å². The molecule has 1 heterocycles. The first-order valence-electron chi connectivity index (χ1n) is 7.58. The fraction of sp³-hybridized carbons (Fsp3) is 0.471. The van der Waals surface area contributed by atoms with Crippen LogP contribution < -0.4 is 0 Å². The number of furan rings is 1. The number of amides is 1. The predicted molar refractivity (Wildman–Crippen MR) is 84.8 cm³/mol. The first-order valence-corrected chi connectivity index (χ1v) is 7.96. The number of fused-ring (bicyclic) bond motifs is 1. The van der Waals surface area contributed by atoms with Crippen LogP contribution in [0.1, 0.15) is 50.1 Å². The lowest BCUT2D eigenvalue weighted by Gasteiger charge is -2.32. The molecule has 1 fully saturated rings. The van der Waals surface area contributed by atoms with Crippen LogP contribution in [0.2, 0.25) is 5.02 Å². The van der Waals surface area contributed by atoms with Gasteiger partial charge in [-0.1, -0.05) is 24.4 Å². The van der Waals surface area contributed by atoms with Crippen molar-refractivity contribution in [3.63, 3.8) is 0 Å². The Bertz CT molecular complexity index is 656. The summed E-state index contributed by atoms with van der Waals surface area (Å²) in [6, 6.07) is 7.73. The van der Waals surface area contributed by atoms with Gasteiger partial charge in [0.1, 0.15) is 5.58 Å². The zero-order valence-electron chi connectivity index (χ0n) is 12.4. The van der Waals surface area contributed by atoms with E-state index in [0.717, 1.165) is 18.2 Å². The Morgan fingerprint density at radius 1 is 1.29 bits per heavy atom. The van der Waals surface area contributed by atoms with Crippen LogP contribution in [0.25, 0.3) is 11.0 Å². The summed E-state index contributed by atoms with van der Waals surface area (Å²) in [6.07, 6.45) is 4.60. The highest BCUT2D eigenvalue weighted by atomic mass is 35.5. The van der Waals surface area contributed by atoms with Crippen LogP contribution in [-0.4, -0.2) is 22.9 Å². The Morgan fingerprint density at radius 2 is 2.00 bits per heavy atom. The zero-order chi connectivity index (χ0) is 15.0. The van der Waals surface area contributed by atoms with Crippen molar-refractivity contribution >= 4 is 28.5 Å². The van der Waals surface area contributed by atoms with Crippen molar-refractivity contribution in [3.05, 3.63) is 35.0 Å². The molecule has 0 N–H and O–H groups in total. The normalized spacial score (nSPS) is 16.0. The van der Waals surface area contributed by atoms with Gasteiger partial charge < -0.3 is 9.32 Å². The Labute approximate surface area is 129 Å². The molecule has 0 bridgehead atoms. The number of benzene rings is 1. The summed E-state index contributed by atoms with van der Waals surface area (Å²) in [5, 5.41) is 1.53. The Hall–Kier alpha value is -1.48. The van der Waals surface area contributed by atoms with Gasteiger partial charge in [0.15, 0.2) is 5.76 Å². The van der Waals surface area contributed by atoms with Crippen molar-refractivity contribution in [3.8, 4) is 0 Å². The maximum Gasteiger partial charge on any atom is 0.290 e. The molecule has 0 unspecified atom stereocenters. The molecule has 1 aliphatic carbocycles. The summed E-state index contributed by atoms with van der Waals surface area (Å²) in [4.78, 5) is 14.8. The van der Waals surface area contributed by atoms with Crippen molar-refractivity contribution < 1.29 is 9.21 Å². The molecular formula is C17H20ClNO2. The van der Waals surface area contributed by atoms with Gasteiger partial charge in [-0.3, -0.25) is 4.79 Å². The van der Waals surface area contributed by atoms with E-state index < -0.39 is 0 Å². The molecule has 0 spiro atoms. The van der Waals surface area contributed by atoms with E-state index in [0.29, 0.717) is 22.4 Å². The molecule has 0 saturated heterocycles. The summed E-state index contributed by atoms with van der Waals surface area (Å²) >= 11 is 5.99. The average Bonchev–Trinajstić information content (AvgIpc) is 3.06. The summed E-state index contributed by atoms with van der Waals surface area (Å²) in [5.74, 6) is 0.400. The van der Waals surface area contributed by atoms with E-state index in [1.54, 1.807) is 12.1 Å². The third-order valence-electron chi connectivity index (χ3n) is 4.20. The van der Waals surface area contributed by atoms with Crippen molar-refractivity contribution in [2.75, 3.05) is 0 Å². The van der Waals surface area contributed by atoms with Gasteiger partial charge in [0.25, 0.3) is 5.91 Å². The van der Waals surface area contributed by atoms with Gasteiger partial charge in [-0.2, -0.15) is 0 Å². The standard InChI is InChI=1S/C17H20ClNO2/c1-11(2)19(14-5-3-4-6-14)17(20)16-10-12-9-13(18)7-8-15(12)21-16/h7-11,14H,3-6H2,1-2H3. The zero-order valence-corrected chi connectivity index (χ0v) is 13.2. The highest BCUT2D eigenvalue weighted by Crippen LogP contribution is 2.29. The minimum Gasteiger partial charge on any atom is -0.451 e. The van der Waals surface area contributed by atoms with E-state index in [4.69, 9.17) is 16.0 Å². The molecule has 21 heavy (non-hydrogen) atoms. The van der Waals surface area contributed by atoms with Crippen molar-refractivity contribution in [2.24, 2.45) is 0 Å². The second kappa shape index (κ2) is 5.72. The number of hydrogen-bond donors (Lipinski definition) is 0. The molecular weight excluding hydrogens is 286 g/mol. The maximum atomic E-state index is 12.8. The monoisotopic (exact) mass is 305 g/mol. The third kappa shape index (κ3) is 2.80. The van der Waals surface area contributed by atoms with Crippen molar-refractivity contribution in [1.82, 2.24) is 4.90 Å². The van der Waals surface area contributed by atoms with E-state index >= 15 is 0 Å². The molecule has 0 atom stereocenters. The molecule has 1 saturated carbocycles. The predicted octanol–water partition coefficient (Wildman–Crippen LogP) is 4.88. The van der Waals surface area contributed by atoms with Gasteiger partial charge in [0.05, 0.1) is 0 Å². The molecule has 4 heteroatoms. The molecule has 112 valence electrons. The largest absolute Gasteiger partial charge is 0.451 e. The summed E-state index contributed by atoms with van der Waals surface area (Å²) in [6.45, 7) is 4.13. The van der Waals surface area contributed by atoms with Crippen LogP contribution >= 0.6 is 11.6 Å². The second-order valence-electron chi connectivity index (χ2n) is 6.04. The number of hydrogen-bond acceptors (Lipinski definition) is 2. The molecule has 1 aromatic carbocycles. The lowest BCUT2D eigenvalue weighted by molar-refractivity contribution is 0.0583. The fourth-order valence-corrected chi connectivity index (χ4v) is 3.43. The average molecular weight is 306 g/mol. The van der Waals surface area contributed by atoms with E-state index in [1.165, 1.54) is 12.8 Å². The minimum absolute atomic E-state index is 0.00998. The maximum absolute atomic E-state index is 12.8. The van der Waals surface area contributed by atoms with Gasteiger partial charge in [-0.25, -0.2) is 0 Å². The van der Waals surface area contributed by atoms with Crippen LogP contribution in [0.15, 0.2) is 28.7 Å². The molecule has 1 amide bonds. The number of halogens is 1. The van der Waals surface area contributed by atoms with Gasteiger partial charge >= 0.3 is 0 Å². The number of rotatable bonds is 3. The lowest BCUT2D eigenvalue weighted by Crippen LogP contribution is -2.43. The highest BCUT2D eigenvalue weighted by Gasteiger charge is 2.31. The number of carbonyl (C=O) groups is 1. The number of carbonyl (C=O) groups excluding carboxylic acids is 1. The summed E-state index contributed by atoms with van der Waals surface area (Å²) in [5.41, 5.74) is 0.706. The smallest absolute Gasteiger partial charge is 0.290 e. The van der Waals surface area contributed by atoms with Crippen LogP contribution in [0, 0.1) is 0 Å². The Kier molecular flexibility index (Phi) is 3.94. The summed E-state index contributed by atoms with van der Waals surface area (Å²) < 4.78 is 5.73. The molecule has 3 nitrogen and oxygen atoms in total. The fourth-order valence-electron chi connectivity index (χ4n) is 3.25. The van der Waals surface area contributed by atoms with Crippen molar-refractivity contribution in [2.45, 2.75) is 51.6 Å². The van der Waals surface area contributed by atoms with Crippen molar-refractivity contribution in [1.29, 1.82) is 0 Å². The highest BCUT2D eigenvalue weighted by molar-refractivity contribution is 6.31.